The number of unbranched alkanes of at least 4 members (excludes halogenated alkanes) is 2. The summed E-state index contributed by atoms with van der Waals surface area (Å²) in [6.45, 7) is 4.47. The SMILES string of the molecule is CCCCCN(C)S(=O)(=O)c1ccc(CC)c(CO)c1. The van der Waals surface area contributed by atoms with E-state index in [0.29, 0.717) is 12.1 Å². The molecule has 0 saturated carbocycles. The molecule has 0 heterocycles. The van der Waals surface area contributed by atoms with Crippen LogP contribution in [-0.4, -0.2) is 31.4 Å². The van der Waals surface area contributed by atoms with Gasteiger partial charge in [-0.2, -0.15) is 0 Å². The van der Waals surface area contributed by atoms with E-state index in [1.807, 2.05) is 6.92 Å². The molecule has 0 fully saturated rings. The minimum Gasteiger partial charge on any atom is -0.392 e. The van der Waals surface area contributed by atoms with Crippen molar-refractivity contribution < 1.29 is 13.5 Å². The molecule has 0 saturated heterocycles. The predicted molar refractivity (Wildman–Crippen MR) is 81.1 cm³/mol. The number of nitrogens with zero attached hydrogens (tertiary/aromatic N) is 1. The van der Waals surface area contributed by atoms with Crippen molar-refractivity contribution in [1.82, 2.24) is 4.31 Å². The van der Waals surface area contributed by atoms with Crippen molar-refractivity contribution in [2.45, 2.75) is 51.0 Å². The predicted octanol–water partition coefficient (Wildman–Crippen LogP) is 2.55. The van der Waals surface area contributed by atoms with Crippen LogP contribution in [0.25, 0.3) is 0 Å². The summed E-state index contributed by atoms with van der Waals surface area (Å²) in [5.74, 6) is 0. The first kappa shape index (κ1) is 17.1. The molecule has 0 aliphatic rings. The second kappa shape index (κ2) is 7.76. The summed E-state index contributed by atoms with van der Waals surface area (Å²) < 4.78 is 26.3. The summed E-state index contributed by atoms with van der Waals surface area (Å²) in [5, 5.41) is 9.34. The van der Waals surface area contributed by atoms with Gasteiger partial charge in [0.1, 0.15) is 0 Å². The van der Waals surface area contributed by atoms with Gasteiger partial charge in [-0.1, -0.05) is 32.8 Å². The highest BCUT2D eigenvalue weighted by Gasteiger charge is 2.21. The second-order valence-corrected chi connectivity index (χ2v) is 7.02. The van der Waals surface area contributed by atoms with E-state index in [2.05, 4.69) is 6.92 Å². The first-order valence-corrected chi connectivity index (χ1v) is 8.60. The summed E-state index contributed by atoms with van der Waals surface area (Å²) in [6, 6.07) is 5.01. The van der Waals surface area contributed by atoms with Crippen molar-refractivity contribution in [3.8, 4) is 0 Å². The van der Waals surface area contributed by atoms with Crippen LogP contribution in [0.15, 0.2) is 23.1 Å². The molecular formula is C15H25NO3S. The van der Waals surface area contributed by atoms with Crippen LogP contribution in [0.3, 0.4) is 0 Å². The normalized spacial score (nSPS) is 12.1. The fourth-order valence-corrected chi connectivity index (χ4v) is 3.40. The van der Waals surface area contributed by atoms with E-state index in [0.717, 1.165) is 31.2 Å². The van der Waals surface area contributed by atoms with Gasteiger partial charge in [0, 0.05) is 13.6 Å². The minimum absolute atomic E-state index is 0.133. The van der Waals surface area contributed by atoms with Gasteiger partial charge in [0.25, 0.3) is 0 Å². The zero-order chi connectivity index (χ0) is 15.2. The number of benzene rings is 1. The third-order valence-electron chi connectivity index (χ3n) is 3.51. The van der Waals surface area contributed by atoms with Crippen LogP contribution >= 0.6 is 0 Å². The highest BCUT2D eigenvalue weighted by Crippen LogP contribution is 2.20. The lowest BCUT2D eigenvalue weighted by molar-refractivity contribution is 0.280. The molecule has 1 rings (SSSR count). The van der Waals surface area contributed by atoms with Crippen molar-refractivity contribution in [2.75, 3.05) is 13.6 Å². The van der Waals surface area contributed by atoms with Gasteiger partial charge in [-0.15, -0.1) is 0 Å². The Morgan fingerprint density at radius 2 is 1.85 bits per heavy atom. The van der Waals surface area contributed by atoms with Crippen LogP contribution in [0.4, 0.5) is 0 Å². The summed E-state index contributed by atoms with van der Waals surface area (Å²) >= 11 is 0. The first-order valence-electron chi connectivity index (χ1n) is 7.16. The van der Waals surface area contributed by atoms with Crippen LogP contribution in [0, 0.1) is 0 Å². The van der Waals surface area contributed by atoms with Gasteiger partial charge in [-0.25, -0.2) is 12.7 Å². The molecule has 0 atom stereocenters. The van der Waals surface area contributed by atoms with Crippen LogP contribution < -0.4 is 0 Å². The summed E-state index contributed by atoms with van der Waals surface area (Å²) in [7, 11) is -1.85. The lowest BCUT2D eigenvalue weighted by Gasteiger charge is -2.18. The average Bonchev–Trinajstić information content (AvgIpc) is 2.46. The summed E-state index contributed by atoms with van der Waals surface area (Å²) in [6.07, 6.45) is 3.74. The van der Waals surface area contributed by atoms with Crippen LogP contribution in [0.2, 0.25) is 0 Å². The standard InChI is InChI=1S/C15H25NO3S/c1-4-6-7-10-16(3)20(18,19)15-9-8-13(5-2)14(11-15)12-17/h8-9,11,17H,4-7,10,12H2,1-3H3. The first-order chi connectivity index (χ1) is 9.47. The van der Waals surface area contributed by atoms with Gasteiger partial charge in [-0.05, 0) is 36.1 Å². The van der Waals surface area contributed by atoms with Crippen LogP contribution in [-0.2, 0) is 23.1 Å². The number of aliphatic hydroxyl groups excluding tert-OH is 1. The highest BCUT2D eigenvalue weighted by atomic mass is 32.2. The Morgan fingerprint density at radius 1 is 1.15 bits per heavy atom. The van der Waals surface area contributed by atoms with E-state index < -0.39 is 10.0 Å². The van der Waals surface area contributed by atoms with Gasteiger partial charge in [0.15, 0.2) is 0 Å². The molecule has 114 valence electrons. The number of aliphatic hydroxyl groups is 1. The number of hydrogen-bond donors (Lipinski definition) is 1. The molecular weight excluding hydrogens is 274 g/mol. The Kier molecular flexibility index (Phi) is 6.65. The van der Waals surface area contributed by atoms with E-state index >= 15 is 0 Å². The summed E-state index contributed by atoms with van der Waals surface area (Å²) in [5.41, 5.74) is 1.68. The average molecular weight is 299 g/mol. The molecule has 0 spiro atoms. The molecule has 0 radical (unpaired) electrons. The maximum absolute atomic E-state index is 12.4. The Balaban J connectivity index is 2.97. The Labute approximate surface area is 122 Å². The lowest BCUT2D eigenvalue weighted by atomic mass is 10.1. The van der Waals surface area contributed by atoms with E-state index in [9.17, 15) is 13.5 Å². The fourth-order valence-electron chi connectivity index (χ4n) is 2.14. The fraction of sp³-hybridized carbons (Fsp3) is 0.600. The second-order valence-electron chi connectivity index (χ2n) is 4.98. The molecule has 1 aromatic rings. The van der Waals surface area contributed by atoms with Crippen molar-refractivity contribution in [2.24, 2.45) is 0 Å². The number of rotatable bonds is 8. The quantitative estimate of drug-likeness (QED) is 0.751. The Bertz CT molecular complexity index is 526. The van der Waals surface area contributed by atoms with E-state index in [-0.39, 0.29) is 11.5 Å². The van der Waals surface area contributed by atoms with Crippen molar-refractivity contribution in [1.29, 1.82) is 0 Å². The van der Waals surface area contributed by atoms with Gasteiger partial charge in [0.05, 0.1) is 11.5 Å². The van der Waals surface area contributed by atoms with Crippen molar-refractivity contribution in [3.63, 3.8) is 0 Å². The molecule has 0 aromatic heterocycles. The van der Waals surface area contributed by atoms with E-state index in [4.69, 9.17) is 0 Å². The van der Waals surface area contributed by atoms with E-state index in [1.54, 1.807) is 25.2 Å². The number of hydrogen-bond acceptors (Lipinski definition) is 3. The number of sulfonamides is 1. The van der Waals surface area contributed by atoms with Gasteiger partial charge >= 0.3 is 0 Å². The van der Waals surface area contributed by atoms with Crippen LogP contribution in [0.1, 0.15) is 44.2 Å². The monoisotopic (exact) mass is 299 g/mol. The Morgan fingerprint density at radius 3 is 2.40 bits per heavy atom. The molecule has 0 bridgehead atoms. The topological polar surface area (TPSA) is 57.6 Å². The molecule has 1 N–H and O–H groups in total. The largest absolute Gasteiger partial charge is 0.392 e. The molecule has 0 aliphatic carbocycles. The van der Waals surface area contributed by atoms with Gasteiger partial charge in [0.2, 0.25) is 10.0 Å². The molecule has 0 unspecified atom stereocenters. The summed E-state index contributed by atoms with van der Waals surface area (Å²) in [4.78, 5) is 0.262. The third kappa shape index (κ3) is 4.04. The van der Waals surface area contributed by atoms with E-state index in [1.165, 1.54) is 4.31 Å². The highest BCUT2D eigenvalue weighted by molar-refractivity contribution is 7.89. The maximum atomic E-state index is 12.4. The smallest absolute Gasteiger partial charge is 0.242 e. The van der Waals surface area contributed by atoms with Crippen molar-refractivity contribution in [3.05, 3.63) is 29.3 Å². The Hall–Kier alpha value is -0.910. The molecule has 5 heteroatoms. The van der Waals surface area contributed by atoms with Crippen LogP contribution in [0.5, 0.6) is 0 Å². The molecule has 4 nitrogen and oxygen atoms in total. The molecule has 0 aliphatic heterocycles. The maximum Gasteiger partial charge on any atom is 0.242 e. The zero-order valence-electron chi connectivity index (χ0n) is 12.6. The van der Waals surface area contributed by atoms with Crippen molar-refractivity contribution >= 4 is 10.0 Å². The molecule has 1 aromatic carbocycles. The lowest BCUT2D eigenvalue weighted by Crippen LogP contribution is -2.28. The minimum atomic E-state index is -3.45. The van der Waals surface area contributed by atoms with Gasteiger partial charge < -0.3 is 5.11 Å². The molecule has 0 amide bonds. The molecule has 20 heavy (non-hydrogen) atoms. The third-order valence-corrected chi connectivity index (χ3v) is 5.37. The number of aryl methyl sites for hydroxylation is 1. The van der Waals surface area contributed by atoms with Gasteiger partial charge in [-0.3, -0.25) is 0 Å². The zero-order valence-corrected chi connectivity index (χ0v) is 13.4.